The minimum Gasteiger partial charge on any atom is -0.492 e. The van der Waals surface area contributed by atoms with Crippen LogP contribution in [0, 0.1) is 0 Å². The van der Waals surface area contributed by atoms with Gasteiger partial charge in [-0.2, -0.15) is 5.10 Å². The first-order chi connectivity index (χ1) is 11.8. The Hall–Kier alpha value is -2.16. The number of anilines is 2. The number of hydrogen-bond acceptors (Lipinski definition) is 8. The van der Waals surface area contributed by atoms with Crippen LogP contribution in [0.25, 0.3) is 0 Å². The van der Waals surface area contributed by atoms with Gasteiger partial charge in [0.2, 0.25) is 5.13 Å². The molecular weight excluding hydrogens is 326 g/mol. The maximum atomic E-state index is 5.78. The van der Waals surface area contributed by atoms with E-state index in [2.05, 4.69) is 20.4 Å². The number of morpholine rings is 1. The Labute approximate surface area is 145 Å². The molecule has 0 saturated carbocycles. The first-order valence-electron chi connectivity index (χ1n) is 7.83. The van der Waals surface area contributed by atoms with E-state index >= 15 is 0 Å². The summed E-state index contributed by atoms with van der Waals surface area (Å²) in [6.45, 7) is 5.20. The molecule has 0 aliphatic carbocycles. The molecule has 1 aliphatic heterocycles. The highest BCUT2D eigenvalue weighted by atomic mass is 32.1. The van der Waals surface area contributed by atoms with Crippen LogP contribution in [0.1, 0.15) is 5.56 Å². The van der Waals surface area contributed by atoms with E-state index < -0.39 is 0 Å². The molecule has 8 heteroatoms. The number of nitrogens with zero attached hydrogens (tertiary/aromatic N) is 3. The van der Waals surface area contributed by atoms with E-state index in [0.29, 0.717) is 17.6 Å². The SMILES string of the molecule is Nc1csc(NN=Cc2ccc(OCCN3CCOCC3)cc2)n1. The highest BCUT2D eigenvalue weighted by Crippen LogP contribution is 2.16. The lowest BCUT2D eigenvalue weighted by Crippen LogP contribution is -2.38. The Morgan fingerprint density at radius 1 is 1.33 bits per heavy atom. The number of aromatic nitrogens is 1. The minimum atomic E-state index is 0.497. The minimum absolute atomic E-state index is 0.497. The van der Waals surface area contributed by atoms with E-state index in [4.69, 9.17) is 15.2 Å². The van der Waals surface area contributed by atoms with Gasteiger partial charge >= 0.3 is 0 Å². The second kappa shape index (κ2) is 8.62. The number of ether oxygens (including phenoxy) is 2. The molecule has 0 bridgehead atoms. The van der Waals surface area contributed by atoms with Crippen molar-refractivity contribution in [2.45, 2.75) is 0 Å². The van der Waals surface area contributed by atoms with Crippen molar-refractivity contribution in [1.29, 1.82) is 0 Å². The molecule has 2 heterocycles. The van der Waals surface area contributed by atoms with Crippen molar-refractivity contribution in [3.05, 3.63) is 35.2 Å². The fourth-order valence-corrected chi connectivity index (χ4v) is 2.82. The molecule has 0 amide bonds. The molecule has 0 spiro atoms. The standard InChI is InChI=1S/C16H21N5O2S/c17-15-12-24-16(19-15)20-18-11-13-1-3-14(4-2-13)23-10-7-21-5-8-22-9-6-21/h1-4,11-12H,5-10,17H2,(H,19,20). The van der Waals surface area contributed by atoms with Crippen LogP contribution in [-0.2, 0) is 4.74 Å². The molecule has 2 aromatic rings. The third-order valence-electron chi connectivity index (χ3n) is 3.56. The fraction of sp³-hybridized carbons (Fsp3) is 0.375. The van der Waals surface area contributed by atoms with Crippen LogP contribution < -0.4 is 15.9 Å². The maximum Gasteiger partial charge on any atom is 0.205 e. The van der Waals surface area contributed by atoms with E-state index in [0.717, 1.165) is 44.2 Å². The van der Waals surface area contributed by atoms with Gasteiger partial charge in [0.05, 0.1) is 19.4 Å². The van der Waals surface area contributed by atoms with Crippen LogP contribution in [0.4, 0.5) is 10.9 Å². The molecule has 7 nitrogen and oxygen atoms in total. The highest BCUT2D eigenvalue weighted by Gasteiger charge is 2.09. The molecule has 128 valence electrons. The van der Waals surface area contributed by atoms with Crippen LogP contribution in [0.15, 0.2) is 34.7 Å². The molecular formula is C16H21N5O2S. The maximum absolute atomic E-state index is 5.78. The lowest BCUT2D eigenvalue weighted by Gasteiger charge is -2.26. The quantitative estimate of drug-likeness (QED) is 0.588. The molecule has 3 N–H and O–H groups in total. The van der Waals surface area contributed by atoms with E-state index in [-0.39, 0.29) is 0 Å². The molecule has 3 rings (SSSR count). The van der Waals surface area contributed by atoms with E-state index in [1.165, 1.54) is 11.3 Å². The monoisotopic (exact) mass is 347 g/mol. The van der Waals surface area contributed by atoms with Crippen LogP contribution in [0.2, 0.25) is 0 Å². The van der Waals surface area contributed by atoms with Crippen LogP contribution >= 0.6 is 11.3 Å². The van der Waals surface area contributed by atoms with Gasteiger partial charge in [-0.15, -0.1) is 11.3 Å². The van der Waals surface area contributed by atoms with Crippen molar-refractivity contribution in [1.82, 2.24) is 9.88 Å². The number of thiazole rings is 1. The number of nitrogens with two attached hydrogens (primary N) is 1. The Morgan fingerprint density at radius 2 is 2.12 bits per heavy atom. The first kappa shape index (κ1) is 16.7. The zero-order valence-corrected chi connectivity index (χ0v) is 14.2. The van der Waals surface area contributed by atoms with Crippen molar-refractivity contribution in [3.63, 3.8) is 0 Å². The Bertz CT molecular complexity index is 653. The lowest BCUT2D eigenvalue weighted by atomic mass is 10.2. The number of rotatable bonds is 7. The van der Waals surface area contributed by atoms with Crippen molar-refractivity contribution in [3.8, 4) is 5.75 Å². The molecule has 1 saturated heterocycles. The number of hydrogen-bond donors (Lipinski definition) is 2. The van der Waals surface area contributed by atoms with Crippen molar-refractivity contribution < 1.29 is 9.47 Å². The average molecular weight is 347 g/mol. The van der Waals surface area contributed by atoms with Crippen LogP contribution in [-0.4, -0.2) is 55.6 Å². The third kappa shape index (κ3) is 5.19. The molecule has 24 heavy (non-hydrogen) atoms. The summed E-state index contributed by atoms with van der Waals surface area (Å²) in [4.78, 5) is 6.42. The summed E-state index contributed by atoms with van der Waals surface area (Å²) in [6, 6.07) is 7.82. The number of nitrogens with one attached hydrogen (secondary N) is 1. The van der Waals surface area contributed by atoms with Crippen LogP contribution in [0.5, 0.6) is 5.75 Å². The summed E-state index contributed by atoms with van der Waals surface area (Å²) in [6.07, 6.45) is 1.73. The van der Waals surface area contributed by atoms with Gasteiger partial charge in [0.1, 0.15) is 18.2 Å². The largest absolute Gasteiger partial charge is 0.492 e. The summed E-state index contributed by atoms with van der Waals surface area (Å²) in [5.74, 6) is 1.36. The predicted molar refractivity (Wildman–Crippen MR) is 96.9 cm³/mol. The summed E-state index contributed by atoms with van der Waals surface area (Å²) < 4.78 is 11.1. The Balaban J connectivity index is 1.41. The van der Waals surface area contributed by atoms with E-state index in [1.54, 1.807) is 11.6 Å². The smallest absolute Gasteiger partial charge is 0.205 e. The number of nitrogen functional groups attached to an aromatic ring is 1. The molecule has 0 radical (unpaired) electrons. The lowest BCUT2D eigenvalue weighted by molar-refractivity contribution is 0.0322. The molecule has 1 fully saturated rings. The molecule has 1 aliphatic rings. The zero-order valence-electron chi connectivity index (χ0n) is 13.4. The fourth-order valence-electron chi connectivity index (χ4n) is 2.27. The van der Waals surface area contributed by atoms with Crippen LogP contribution in [0.3, 0.4) is 0 Å². The van der Waals surface area contributed by atoms with Crippen molar-refractivity contribution >= 4 is 28.5 Å². The van der Waals surface area contributed by atoms with Crippen molar-refractivity contribution in [2.24, 2.45) is 5.10 Å². The van der Waals surface area contributed by atoms with Gasteiger partial charge in [0.15, 0.2) is 0 Å². The first-order valence-corrected chi connectivity index (χ1v) is 8.70. The Kier molecular flexibility index (Phi) is 6.00. The third-order valence-corrected chi connectivity index (χ3v) is 4.32. The van der Waals surface area contributed by atoms with Crippen molar-refractivity contribution in [2.75, 3.05) is 50.6 Å². The van der Waals surface area contributed by atoms with Gasteiger partial charge in [0, 0.05) is 25.0 Å². The molecule has 1 aromatic heterocycles. The second-order valence-electron chi connectivity index (χ2n) is 5.32. The van der Waals surface area contributed by atoms with Gasteiger partial charge < -0.3 is 15.2 Å². The van der Waals surface area contributed by atoms with E-state index in [1.807, 2.05) is 24.3 Å². The van der Waals surface area contributed by atoms with Gasteiger partial charge in [-0.3, -0.25) is 10.3 Å². The zero-order chi connectivity index (χ0) is 16.6. The summed E-state index contributed by atoms with van der Waals surface area (Å²) in [7, 11) is 0. The van der Waals surface area contributed by atoms with E-state index in [9.17, 15) is 0 Å². The van der Waals surface area contributed by atoms with Gasteiger partial charge in [-0.1, -0.05) is 0 Å². The Morgan fingerprint density at radius 3 is 2.83 bits per heavy atom. The van der Waals surface area contributed by atoms with Gasteiger partial charge in [-0.25, -0.2) is 4.98 Å². The summed E-state index contributed by atoms with van der Waals surface area (Å²) in [5, 5.41) is 6.57. The summed E-state index contributed by atoms with van der Waals surface area (Å²) in [5.41, 5.74) is 9.38. The normalized spacial score (nSPS) is 15.7. The average Bonchev–Trinajstić information content (AvgIpc) is 3.03. The molecule has 0 atom stereocenters. The predicted octanol–water partition coefficient (Wildman–Crippen LogP) is 1.88. The topological polar surface area (TPSA) is 85.0 Å². The number of benzene rings is 1. The second-order valence-corrected chi connectivity index (χ2v) is 6.18. The highest BCUT2D eigenvalue weighted by molar-refractivity contribution is 7.14. The van der Waals surface area contributed by atoms with Gasteiger partial charge in [0.25, 0.3) is 0 Å². The molecule has 0 unspecified atom stereocenters. The van der Waals surface area contributed by atoms with Gasteiger partial charge in [-0.05, 0) is 29.8 Å². The summed E-state index contributed by atoms with van der Waals surface area (Å²) >= 11 is 1.42. The number of hydrazone groups is 1. The molecule has 1 aromatic carbocycles.